The third-order valence-corrected chi connectivity index (χ3v) is 3.50. The van der Waals surface area contributed by atoms with Crippen LogP contribution in [0.25, 0.3) is 22.4 Å². The molecule has 116 valence electrons. The number of benzene rings is 1. The molecule has 0 radical (unpaired) electrons. The molecule has 2 heterocycles. The van der Waals surface area contributed by atoms with Crippen molar-refractivity contribution in [1.29, 1.82) is 0 Å². The predicted octanol–water partition coefficient (Wildman–Crippen LogP) is 2.15. The summed E-state index contributed by atoms with van der Waals surface area (Å²) in [5.41, 5.74) is 6.21. The summed E-state index contributed by atoms with van der Waals surface area (Å²) in [6.07, 6.45) is 2.52. The van der Waals surface area contributed by atoms with Crippen LogP contribution in [0.2, 0.25) is 5.02 Å². The molecule has 3 aromatic rings. The molecule has 1 aromatic carbocycles. The summed E-state index contributed by atoms with van der Waals surface area (Å²) in [7, 11) is 0. The largest absolute Gasteiger partial charge is 0.368 e. The Morgan fingerprint density at radius 1 is 1.30 bits per heavy atom. The Morgan fingerprint density at radius 2 is 2.00 bits per heavy atom. The number of carbonyl (C=O) groups is 1. The Bertz CT molecular complexity index is 920. The van der Waals surface area contributed by atoms with Crippen LogP contribution in [0.4, 0.5) is 5.69 Å². The normalized spacial score (nSPS) is 10.8. The van der Waals surface area contributed by atoms with Crippen molar-refractivity contribution in [3.05, 3.63) is 51.8 Å². The Labute approximate surface area is 134 Å². The summed E-state index contributed by atoms with van der Waals surface area (Å²) in [5.74, 6) is -0.253. The number of nitrogens with two attached hydrogens (primary N) is 1. The molecule has 0 saturated heterocycles. The van der Waals surface area contributed by atoms with Gasteiger partial charge in [-0.1, -0.05) is 11.6 Å². The van der Waals surface area contributed by atoms with E-state index in [-0.39, 0.29) is 17.7 Å². The number of imidazole rings is 1. The van der Waals surface area contributed by atoms with Crippen molar-refractivity contribution in [2.24, 2.45) is 5.73 Å². The number of rotatable bonds is 4. The summed E-state index contributed by atoms with van der Waals surface area (Å²) in [6, 6.07) is 6.75. The molecule has 0 atom stereocenters. The number of hydrogen-bond acceptors (Lipinski definition) is 5. The van der Waals surface area contributed by atoms with E-state index in [9.17, 15) is 14.9 Å². The number of aromatic nitrogens is 3. The maximum Gasteiger partial charge on any atom is 0.313 e. The smallest absolute Gasteiger partial charge is 0.313 e. The van der Waals surface area contributed by atoms with Crippen molar-refractivity contribution in [3.63, 3.8) is 0 Å². The molecular formula is C14H10ClN5O3. The van der Waals surface area contributed by atoms with Crippen molar-refractivity contribution < 1.29 is 9.72 Å². The lowest BCUT2D eigenvalue weighted by atomic mass is 10.2. The summed E-state index contributed by atoms with van der Waals surface area (Å²) < 4.78 is 1.42. The Kier molecular flexibility index (Phi) is 3.67. The molecular weight excluding hydrogens is 322 g/mol. The molecule has 0 unspecified atom stereocenters. The van der Waals surface area contributed by atoms with Crippen LogP contribution in [0.15, 0.2) is 36.7 Å². The lowest BCUT2D eigenvalue weighted by Crippen LogP contribution is -2.19. The molecule has 0 aliphatic heterocycles. The van der Waals surface area contributed by atoms with E-state index in [4.69, 9.17) is 17.3 Å². The van der Waals surface area contributed by atoms with Gasteiger partial charge in [0.25, 0.3) is 0 Å². The second-order valence-electron chi connectivity index (χ2n) is 4.78. The summed E-state index contributed by atoms with van der Waals surface area (Å²) in [6.45, 7) is -0.237. The van der Waals surface area contributed by atoms with E-state index in [1.54, 1.807) is 24.3 Å². The van der Waals surface area contributed by atoms with E-state index >= 15 is 0 Å². The van der Waals surface area contributed by atoms with Crippen molar-refractivity contribution in [2.75, 3.05) is 0 Å². The fourth-order valence-corrected chi connectivity index (χ4v) is 2.46. The average Bonchev–Trinajstić information content (AvgIpc) is 2.86. The summed E-state index contributed by atoms with van der Waals surface area (Å²) in [4.78, 5) is 30.2. The van der Waals surface area contributed by atoms with Gasteiger partial charge in [-0.3, -0.25) is 19.9 Å². The van der Waals surface area contributed by atoms with Crippen molar-refractivity contribution in [2.45, 2.75) is 6.54 Å². The molecule has 9 heteroatoms. The molecule has 0 bridgehead atoms. The number of halogens is 1. The van der Waals surface area contributed by atoms with Gasteiger partial charge in [-0.05, 0) is 24.3 Å². The van der Waals surface area contributed by atoms with E-state index in [1.807, 2.05) is 0 Å². The lowest BCUT2D eigenvalue weighted by Gasteiger charge is -2.07. The third-order valence-electron chi connectivity index (χ3n) is 3.24. The lowest BCUT2D eigenvalue weighted by molar-refractivity contribution is -0.383. The maximum absolute atomic E-state index is 11.4. The van der Waals surface area contributed by atoms with Gasteiger partial charge >= 0.3 is 5.69 Å². The molecule has 0 aliphatic carbocycles. The number of primary amides is 1. The standard InChI is InChI=1S/C14H10ClN5O3/c15-9-3-1-8(2-4-9)14-18-10-5-17-6-11(20(22)23)13(10)19(14)7-12(16)21/h1-6H,7H2,(H2,16,21). The van der Waals surface area contributed by atoms with Crippen molar-refractivity contribution in [3.8, 4) is 11.4 Å². The number of nitro groups is 1. The van der Waals surface area contributed by atoms with E-state index < -0.39 is 10.8 Å². The minimum Gasteiger partial charge on any atom is -0.368 e. The highest BCUT2D eigenvalue weighted by Gasteiger charge is 2.22. The first-order chi connectivity index (χ1) is 11.0. The van der Waals surface area contributed by atoms with Crippen LogP contribution >= 0.6 is 11.6 Å². The second kappa shape index (κ2) is 5.65. The minimum atomic E-state index is -0.634. The van der Waals surface area contributed by atoms with Crippen molar-refractivity contribution in [1.82, 2.24) is 14.5 Å². The molecule has 0 saturated carbocycles. The van der Waals surface area contributed by atoms with Gasteiger partial charge in [0.15, 0.2) is 5.52 Å². The Morgan fingerprint density at radius 3 is 2.61 bits per heavy atom. The van der Waals surface area contributed by atoms with Crippen molar-refractivity contribution >= 4 is 34.2 Å². The highest BCUT2D eigenvalue weighted by atomic mass is 35.5. The zero-order valence-corrected chi connectivity index (χ0v) is 12.4. The monoisotopic (exact) mass is 331 g/mol. The number of nitrogens with zero attached hydrogens (tertiary/aromatic N) is 4. The van der Waals surface area contributed by atoms with Crippen LogP contribution in [-0.4, -0.2) is 25.4 Å². The molecule has 2 aromatic heterocycles. The Hall–Kier alpha value is -3.00. The Balaban J connectivity index is 2.33. The fraction of sp³-hybridized carbons (Fsp3) is 0.0714. The molecule has 8 nitrogen and oxygen atoms in total. The molecule has 0 spiro atoms. The number of carbonyl (C=O) groups excluding carboxylic acids is 1. The van der Waals surface area contributed by atoms with Gasteiger partial charge in [0.05, 0.1) is 11.1 Å². The fourth-order valence-electron chi connectivity index (χ4n) is 2.33. The van der Waals surface area contributed by atoms with Crippen LogP contribution < -0.4 is 5.73 Å². The summed E-state index contributed by atoms with van der Waals surface area (Å²) in [5, 5.41) is 11.8. The van der Waals surface area contributed by atoms with Crippen LogP contribution in [0.5, 0.6) is 0 Å². The molecule has 2 N–H and O–H groups in total. The first kappa shape index (κ1) is 14.9. The highest BCUT2D eigenvalue weighted by molar-refractivity contribution is 6.30. The predicted molar refractivity (Wildman–Crippen MR) is 83.8 cm³/mol. The van der Waals surface area contributed by atoms with Crippen LogP contribution in [-0.2, 0) is 11.3 Å². The van der Waals surface area contributed by atoms with E-state index in [2.05, 4.69) is 9.97 Å². The molecule has 0 fully saturated rings. The molecule has 0 aliphatic rings. The zero-order valence-electron chi connectivity index (χ0n) is 11.6. The van der Waals surface area contributed by atoms with E-state index in [0.717, 1.165) is 6.20 Å². The van der Waals surface area contributed by atoms with Gasteiger partial charge in [0.2, 0.25) is 5.91 Å². The van der Waals surface area contributed by atoms with Crippen LogP contribution in [0, 0.1) is 10.1 Å². The van der Waals surface area contributed by atoms with Crippen LogP contribution in [0.1, 0.15) is 0 Å². The molecule has 23 heavy (non-hydrogen) atoms. The van der Waals surface area contributed by atoms with Gasteiger partial charge in [0, 0.05) is 10.6 Å². The van der Waals surface area contributed by atoms with Gasteiger partial charge in [-0.2, -0.15) is 0 Å². The first-order valence-corrected chi connectivity index (χ1v) is 6.88. The van der Waals surface area contributed by atoms with Gasteiger partial charge in [-0.25, -0.2) is 4.98 Å². The average molecular weight is 332 g/mol. The van der Waals surface area contributed by atoms with E-state index in [1.165, 1.54) is 10.8 Å². The van der Waals surface area contributed by atoms with Crippen LogP contribution in [0.3, 0.4) is 0 Å². The minimum absolute atomic E-state index is 0.203. The zero-order chi connectivity index (χ0) is 16.6. The topological polar surface area (TPSA) is 117 Å². The summed E-state index contributed by atoms with van der Waals surface area (Å²) >= 11 is 5.87. The molecule has 3 rings (SSSR count). The number of amides is 1. The highest BCUT2D eigenvalue weighted by Crippen LogP contribution is 2.30. The maximum atomic E-state index is 11.4. The number of hydrogen-bond donors (Lipinski definition) is 1. The second-order valence-corrected chi connectivity index (χ2v) is 5.21. The van der Waals surface area contributed by atoms with E-state index in [0.29, 0.717) is 21.9 Å². The van der Waals surface area contributed by atoms with Gasteiger partial charge in [0.1, 0.15) is 24.1 Å². The van der Waals surface area contributed by atoms with Gasteiger partial charge in [-0.15, -0.1) is 0 Å². The van der Waals surface area contributed by atoms with Gasteiger partial charge < -0.3 is 10.3 Å². The SMILES string of the molecule is NC(=O)Cn1c(-c2ccc(Cl)cc2)nc2cncc([N+](=O)[O-])c21. The third kappa shape index (κ3) is 2.71. The number of fused-ring (bicyclic) bond motifs is 1. The quantitative estimate of drug-likeness (QED) is 0.580. The number of pyridine rings is 1. The first-order valence-electron chi connectivity index (χ1n) is 6.50. The molecule has 1 amide bonds.